The lowest BCUT2D eigenvalue weighted by molar-refractivity contribution is -0.172. The Morgan fingerprint density at radius 3 is 2.10 bits per heavy atom. The van der Waals surface area contributed by atoms with E-state index in [1.165, 1.54) is 0 Å². The number of aliphatic hydroxyl groups is 1. The van der Waals surface area contributed by atoms with Crippen LogP contribution in [-0.2, 0) is 9.53 Å². The second kappa shape index (κ2) is 6.28. The standard InChI is InChI=1S/C18H34O3/c1-8-17(6,7)14-9-11-18(20,12-10-14)13(2)15(19)21-16(3,4)5/h13-14,20H,8-12H2,1-7H3. The van der Waals surface area contributed by atoms with Crippen LogP contribution in [0.2, 0.25) is 0 Å². The molecular formula is C18H34O3. The van der Waals surface area contributed by atoms with E-state index in [-0.39, 0.29) is 5.97 Å². The molecule has 0 aliphatic heterocycles. The normalized spacial score (nSPS) is 29.0. The Morgan fingerprint density at radius 1 is 1.24 bits per heavy atom. The van der Waals surface area contributed by atoms with Crippen molar-refractivity contribution in [3.05, 3.63) is 0 Å². The van der Waals surface area contributed by atoms with Gasteiger partial charge in [-0.25, -0.2) is 0 Å². The molecule has 0 aromatic carbocycles. The number of carbonyl (C=O) groups is 1. The number of hydrogen-bond donors (Lipinski definition) is 1. The molecule has 1 rings (SSSR count). The topological polar surface area (TPSA) is 46.5 Å². The number of rotatable bonds is 4. The molecular weight excluding hydrogens is 264 g/mol. The Labute approximate surface area is 130 Å². The van der Waals surface area contributed by atoms with Crippen LogP contribution in [0.4, 0.5) is 0 Å². The molecule has 1 aliphatic carbocycles. The van der Waals surface area contributed by atoms with E-state index in [1.807, 2.05) is 20.8 Å². The van der Waals surface area contributed by atoms with Gasteiger partial charge in [0.1, 0.15) is 5.60 Å². The van der Waals surface area contributed by atoms with E-state index < -0.39 is 17.1 Å². The van der Waals surface area contributed by atoms with Crippen molar-refractivity contribution < 1.29 is 14.6 Å². The van der Waals surface area contributed by atoms with Gasteiger partial charge < -0.3 is 9.84 Å². The first-order valence-electron chi connectivity index (χ1n) is 8.36. The van der Waals surface area contributed by atoms with Gasteiger partial charge in [-0.05, 0) is 64.7 Å². The molecule has 124 valence electrons. The predicted octanol–water partition coefficient (Wildman–Crippen LogP) is 4.32. The van der Waals surface area contributed by atoms with Crippen LogP contribution < -0.4 is 0 Å². The largest absolute Gasteiger partial charge is 0.460 e. The second-order valence-corrected chi connectivity index (χ2v) is 8.48. The van der Waals surface area contributed by atoms with Crippen LogP contribution in [-0.4, -0.2) is 22.3 Å². The van der Waals surface area contributed by atoms with Gasteiger partial charge >= 0.3 is 5.97 Å². The van der Waals surface area contributed by atoms with Crippen molar-refractivity contribution >= 4 is 5.97 Å². The monoisotopic (exact) mass is 298 g/mol. The van der Waals surface area contributed by atoms with Gasteiger partial charge in [-0.15, -0.1) is 0 Å². The summed E-state index contributed by atoms with van der Waals surface area (Å²) in [6.45, 7) is 14.2. The average Bonchev–Trinajstić information content (AvgIpc) is 2.36. The number of esters is 1. The van der Waals surface area contributed by atoms with E-state index in [2.05, 4.69) is 20.8 Å². The molecule has 1 atom stereocenters. The zero-order chi connectivity index (χ0) is 16.5. The zero-order valence-electron chi connectivity index (χ0n) is 15.0. The van der Waals surface area contributed by atoms with Gasteiger partial charge in [0.05, 0.1) is 11.5 Å². The van der Waals surface area contributed by atoms with Crippen molar-refractivity contribution in [3.63, 3.8) is 0 Å². The first kappa shape index (κ1) is 18.5. The predicted molar refractivity (Wildman–Crippen MR) is 86.0 cm³/mol. The summed E-state index contributed by atoms with van der Waals surface area (Å²) in [7, 11) is 0. The molecule has 1 N–H and O–H groups in total. The lowest BCUT2D eigenvalue weighted by atomic mass is 9.64. The van der Waals surface area contributed by atoms with Gasteiger partial charge in [0, 0.05) is 0 Å². The van der Waals surface area contributed by atoms with Crippen molar-refractivity contribution in [2.75, 3.05) is 0 Å². The molecule has 1 saturated carbocycles. The van der Waals surface area contributed by atoms with E-state index in [9.17, 15) is 9.90 Å². The fourth-order valence-corrected chi connectivity index (χ4v) is 3.23. The average molecular weight is 298 g/mol. The highest BCUT2D eigenvalue weighted by Gasteiger charge is 2.45. The Hall–Kier alpha value is -0.570. The number of ether oxygens (including phenoxy) is 1. The molecule has 0 radical (unpaired) electrons. The van der Waals surface area contributed by atoms with E-state index in [4.69, 9.17) is 4.74 Å². The van der Waals surface area contributed by atoms with Crippen LogP contribution in [0, 0.1) is 17.3 Å². The Morgan fingerprint density at radius 2 is 1.71 bits per heavy atom. The van der Waals surface area contributed by atoms with Gasteiger partial charge in [0.15, 0.2) is 0 Å². The third-order valence-electron chi connectivity index (χ3n) is 5.43. The fraction of sp³-hybridized carbons (Fsp3) is 0.944. The maximum Gasteiger partial charge on any atom is 0.312 e. The molecule has 0 aromatic rings. The second-order valence-electron chi connectivity index (χ2n) is 8.48. The highest BCUT2D eigenvalue weighted by molar-refractivity contribution is 5.74. The minimum Gasteiger partial charge on any atom is -0.460 e. The van der Waals surface area contributed by atoms with Crippen molar-refractivity contribution in [1.82, 2.24) is 0 Å². The third-order valence-corrected chi connectivity index (χ3v) is 5.43. The van der Waals surface area contributed by atoms with Gasteiger partial charge in [0.25, 0.3) is 0 Å². The minimum absolute atomic E-state index is 0.279. The number of carbonyl (C=O) groups excluding carboxylic acids is 1. The highest BCUT2D eigenvalue weighted by atomic mass is 16.6. The Bertz CT molecular complexity index is 357. The van der Waals surface area contributed by atoms with Gasteiger partial charge in [-0.3, -0.25) is 4.79 Å². The highest BCUT2D eigenvalue weighted by Crippen LogP contribution is 2.45. The third kappa shape index (κ3) is 4.70. The maximum atomic E-state index is 12.2. The maximum absolute atomic E-state index is 12.2. The molecule has 0 bridgehead atoms. The number of hydrogen-bond acceptors (Lipinski definition) is 3. The summed E-state index contributed by atoms with van der Waals surface area (Å²) in [6, 6.07) is 0. The molecule has 21 heavy (non-hydrogen) atoms. The summed E-state index contributed by atoms with van der Waals surface area (Å²) >= 11 is 0. The molecule has 0 saturated heterocycles. The molecule has 0 spiro atoms. The van der Waals surface area contributed by atoms with Crippen LogP contribution in [0.5, 0.6) is 0 Å². The Balaban J connectivity index is 2.67. The molecule has 1 fully saturated rings. The lowest BCUT2D eigenvalue weighted by Gasteiger charge is -2.44. The first-order chi connectivity index (χ1) is 9.41. The van der Waals surface area contributed by atoms with Gasteiger partial charge in [-0.2, -0.15) is 0 Å². The van der Waals surface area contributed by atoms with E-state index in [0.717, 1.165) is 19.3 Å². The van der Waals surface area contributed by atoms with E-state index >= 15 is 0 Å². The fourth-order valence-electron chi connectivity index (χ4n) is 3.23. The van der Waals surface area contributed by atoms with Gasteiger partial charge in [-0.1, -0.05) is 27.2 Å². The summed E-state index contributed by atoms with van der Waals surface area (Å²) in [6.07, 6.45) is 4.52. The van der Waals surface area contributed by atoms with Crippen LogP contribution >= 0.6 is 0 Å². The summed E-state index contributed by atoms with van der Waals surface area (Å²) in [5.41, 5.74) is -1.08. The molecule has 0 amide bonds. The van der Waals surface area contributed by atoms with Gasteiger partial charge in [0.2, 0.25) is 0 Å². The SMILES string of the molecule is CCC(C)(C)C1CCC(O)(C(C)C(=O)OC(C)(C)C)CC1. The zero-order valence-corrected chi connectivity index (χ0v) is 15.0. The summed E-state index contributed by atoms with van der Waals surface area (Å²) in [4.78, 5) is 12.2. The summed E-state index contributed by atoms with van der Waals surface area (Å²) in [5, 5.41) is 10.9. The minimum atomic E-state index is -0.900. The van der Waals surface area contributed by atoms with Crippen LogP contribution in [0.1, 0.15) is 80.6 Å². The van der Waals surface area contributed by atoms with Crippen LogP contribution in [0.15, 0.2) is 0 Å². The van der Waals surface area contributed by atoms with Crippen molar-refractivity contribution in [1.29, 1.82) is 0 Å². The molecule has 0 aromatic heterocycles. The first-order valence-corrected chi connectivity index (χ1v) is 8.36. The molecule has 0 heterocycles. The molecule has 3 heteroatoms. The summed E-state index contributed by atoms with van der Waals surface area (Å²) in [5.74, 6) is -0.103. The van der Waals surface area contributed by atoms with Crippen LogP contribution in [0.3, 0.4) is 0 Å². The summed E-state index contributed by atoms with van der Waals surface area (Å²) < 4.78 is 5.43. The molecule has 3 nitrogen and oxygen atoms in total. The lowest BCUT2D eigenvalue weighted by Crippen LogP contribution is -2.47. The quantitative estimate of drug-likeness (QED) is 0.786. The van der Waals surface area contributed by atoms with Crippen molar-refractivity contribution in [2.24, 2.45) is 17.3 Å². The molecule has 1 aliphatic rings. The van der Waals surface area contributed by atoms with E-state index in [1.54, 1.807) is 6.92 Å². The smallest absolute Gasteiger partial charge is 0.312 e. The van der Waals surface area contributed by atoms with Crippen molar-refractivity contribution in [2.45, 2.75) is 91.8 Å². The van der Waals surface area contributed by atoms with E-state index in [0.29, 0.717) is 24.2 Å². The Kier molecular flexibility index (Phi) is 5.52. The molecule has 1 unspecified atom stereocenters. The van der Waals surface area contributed by atoms with Crippen LogP contribution in [0.25, 0.3) is 0 Å². The van der Waals surface area contributed by atoms with Crippen molar-refractivity contribution in [3.8, 4) is 0 Å².